The van der Waals surface area contributed by atoms with Gasteiger partial charge in [-0.05, 0) is 24.3 Å². The Morgan fingerprint density at radius 2 is 2.04 bits per heavy atom. The molecular weight excluding hydrogens is 338 g/mol. The zero-order chi connectivity index (χ0) is 17.2. The van der Waals surface area contributed by atoms with Crippen LogP contribution in [0.1, 0.15) is 5.69 Å². The molecule has 7 heteroatoms. The number of hydrogen-bond acceptors (Lipinski definition) is 5. The molecule has 25 heavy (non-hydrogen) atoms. The predicted octanol–water partition coefficient (Wildman–Crippen LogP) is 2.47. The van der Waals surface area contributed by atoms with Gasteiger partial charge in [-0.1, -0.05) is 0 Å². The van der Waals surface area contributed by atoms with Gasteiger partial charge in [-0.15, -0.1) is 11.3 Å². The Bertz CT molecular complexity index is 879. The minimum Gasteiger partial charge on any atom is -0.497 e. The maximum Gasteiger partial charge on any atom is 0.228 e. The smallest absolute Gasteiger partial charge is 0.228 e. The Kier molecular flexibility index (Phi) is 4.42. The Morgan fingerprint density at radius 1 is 1.28 bits per heavy atom. The van der Waals surface area contributed by atoms with Crippen LogP contribution in [0.4, 0.5) is 0 Å². The van der Waals surface area contributed by atoms with Crippen molar-refractivity contribution >= 4 is 22.2 Å². The van der Waals surface area contributed by atoms with Gasteiger partial charge >= 0.3 is 0 Å². The number of morpholine rings is 1. The molecule has 0 unspecified atom stereocenters. The standard InChI is InChI=1S/C18H19N3O3S/c1-23-15-4-2-13(3-5-15)16-11-21-14(12-25-18(21)19-16)10-17(22)20-6-8-24-9-7-20/h2-5,11-12H,6-10H2,1H3. The SMILES string of the molecule is COc1ccc(-c2cn3c(CC(=O)N4CCOCC4)csc3n2)cc1. The second-order valence-electron chi connectivity index (χ2n) is 5.90. The number of rotatable bonds is 4. The first-order valence-electron chi connectivity index (χ1n) is 8.20. The van der Waals surface area contributed by atoms with Gasteiger partial charge in [-0.3, -0.25) is 9.20 Å². The second-order valence-corrected chi connectivity index (χ2v) is 6.74. The van der Waals surface area contributed by atoms with Crippen molar-refractivity contribution in [3.63, 3.8) is 0 Å². The number of carbonyl (C=O) groups excluding carboxylic acids is 1. The van der Waals surface area contributed by atoms with E-state index in [1.165, 1.54) is 0 Å². The highest BCUT2D eigenvalue weighted by atomic mass is 32.1. The van der Waals surface area contributed by atoms with Crippen LogP contribution in [0.3, 0.4) is 0 Å². The number of nitrogens with zero attached hydrogens (tertiary/aromatic N) is 3. The molecule has 4 rings (SSSR count). The highest BCUT2D eigenvalue weighted by Gasteiger charge is 2.19. The van der Waals surface area contributed by atoms with Crippen LogP contribution in [0, 0.1) is 0 Å². The average molecular weight is 357 g/mol. The highest BCUT2D eigenvalue weighted by molar-refractivity contribution is 7.15. The molecule has 1 aliphatic rings. The van der Waals surface area contributed by atoms with Gasteiger partial charge in [0.1, 0.15) is 5.75 Å². The maximum atomic E-state index is 12.5. The van der Waals surface area contributed by atoms with Crippen molar-refractivity contribution in [2.45, 2.75) is 6.42 Å². The van der Waals surface area contributed by atoms with Gasteiger partial charge in [0.15, 0.2) is 4.96 Å². The van der Waals surface area contributed by atoms with Crippen molar-refractivity contribution < 1.29 is 14.3 Å². The van der Waals surface area contributed by atoms with E-state index in [0.29, 0.717) is 32.7 Å². The molecule has 6 nitrogen and oxygen atoms in total. The summed E-state index contributed by atoms with van der Waals surface area (Å²) in [5, 5.41) is 2.01. The van der Waals surface area contributed by atoms with Crippen molar-refractivity contribution in [2.24, 2.45) is 0 Å². The third-order valence-electron chi connectivity index (χ3n) is 4.37. The fourth-order valence-corrected chi connectivity index (χ4v) is 3.81. The molecule has 1 aliphatic heterocycles. The van der Waals surface area contributed by atoms with Gasteiger partial charge in [0.2, 0.25) is 5.91 Å². The minimum atomic E-state index is 0.141. The molecule has 1 saturated heterocycles. The van der Waals surface area contributed by atoms with E-state index in [9.17, 15) is 4.79 Å². The van der Waals surface area contributed by atoms with Crippen LogP contribution < -0.4 is 4.74 Å². The number of aromatic nitrogens is 2. The van der Waals surface area contributed by atoms with Gasteiger partial charge in [-0.25, -0.2) is 4.98 Å². The Hall–Kier alpha value is -2.38. The maximum absolute atomic E-state index is 12.5. The molecule has 0 saturated carbocycles. The molecule has 2 aromatic heterocycles. The molecule has 1 amide bonds. The first-order valence-corrected chi connectivity index (χ1v) is 9.08. The summed E-state index contributed by atoms with van der Waals surface area (Å²) in [6.45, 7) is 2.59. The lowest BCUT2D eigenvalue weighted by Gasteiger charge is -2.26. The summed E-state index contributed by atoms with van der Waals surface area (Å²) >= 11 is 1.56. The first kappa shape index (κ1) is 16.1. The zero-order valence-electron chi connectivity index (χ0n) is 14.0. The van der Waals surface area contributed by atoms with E-state index < -0.39 is 0 Å². The lowest BCUT2D eigenvalue weighted by Crippen LogP contribution is -2.41. The largest absolute Gasteiger partial charge is 0.497 e. The Morgan fingerprint density at radius 3 is 2.76 bits per heavy atom. The van der Waals surface area contributed by atoms with Crippen LogP contribution in [0.2, 0.25) is 0 Å². The van der Waals surface area contributed by atoms with Gasteiger partial charge in [0.05, 0.1) is 32.4 Å². The quantitative estimate of drug-likeness (QED) is 0.720. The summed E-state index contributed by atoms with van der Waals surface area (Å²) in [5.74, 6) is 0.962. The number of methoxy groups -OCH3 is 1. The summed E-state index contributed by atoms with van der Waals surface area (Å²) < 4.78 is 12.5. The van der Waals surface area contributed by atoms with Crippen LogP contribution >= 0.6 is 11.3 Å². The topological polar surface area (TPSA) is 56.1 Å². The van der Waals surface area contributed by atoms with Crippen molar-refractivity contribution in [1.29, 1.82) is 0 Å². The number of fused-ring (bicyclic) bond motifs is 1. The van der Waals surface area contributed by atoms with Crippen LogP contribution in [0.25, 0.3) is 16.2 Å². The lowest BCUT2D eigenvalue weighted by atomic mass is 10.2. The molecule has 0 bridgehead atoms. The molecule has 0 N–H and O–H groups in total. The van der Waals surface area contributed by atoms with E-state index in [0.717, 1.165) is 27.7 Å². The van der Waals surface area contributed by atoms with Crippen LogP contribution in [0.5, 0.6) is 5.75 Å². The van der Waals surface area contributed by atoms with E-state index in [-0.39, 0.29) is 5.91 Å². The van der Waals surface area contributed by atoms with Crippen LogP contribution in [-0.4, -0.2) is 53.6 Å². The molecule has 0 atom stereocenters. The van der Waals surface area contributed by atoms with E-state index >= 15 is 0 Å². The van der Waals surface area contributed by atoms with E-state index in [4.69, 9.17) is 9.47 Å². The second kappa shape index (κ2) is 6.85. The lowest BCUT2D eigenvalue weighted by molar-refractivity contribution is -0.134. The summed E-state index contributed by atoms with van der Waals surface area (Å²) in [6, 6.07) is 7.82. The molecule has 3 heterocycles. The van der Waals surface area contributed by atoms with Gasteiger partial charge in [0, 0.05) is 35.9 Å². The molecule has 130 valence electrons. The third-order valence-corrected chi connectivity index (χ3v) is 5.25. The summed E-state index contributed by atoms with van der Waals surface area (Å²) in [7, 11) is 1.65. The number of benzene rings is 1. The molecular formula is C18H19N3O3S. The minimum absolute atomic E-state index is 0.141. The van der Waals surface area contributed by atoms with Crippen molar-refractivity contribution in [3.05, 3.63) is 41.5 Å². The normalized spacial score (nSPS) is 14.8. The summed E-state index contributed by atoms with van der Waals surface area (Å²) in [6.07, 6.45) is 2.38. The van der Waals surface area contributed by atoms with Crippen LogP contribution in [0.15, 0.2) is 35.8 Å². The summed E-state index contributed by atoms with van der Waals surface area (Å²) in [5.41, 5.74) is 2.90. The summed E-state index contributed by atoms with van der Waals surface area (Å²) in [4.78, 5) is 19.9. The number of hydrogen-bond donors (Lipinski definition) is 0. The van der Waals surface area contributed by atoms with Gasteiger partial charge in [0.25, 0.3) is 0 Å². The van der Waals surface area contributed by atoms with Gasteiger partial charge in [-0.2, -0.15) is 0 Å². The first-order chi connectivity index (χ1) is 12.2. The molecule has 0 radical (unpaired) electrons. The average Bonchev–Trinajstić information content (AvgIpc) is 3.24. The third kappa shape index (κ3) is 3.25. The Labute approximate surface area is 149 Å². The molecule has 0 spiro atoms. The fraction of sp³-hybridized carbons (Fsp3) is 0.333. The number of amides is 1. The van der Waals surface area contributed by atoms with E-state index in [2.05, 4.69) is 4.98 Å². The zero-order valence-corrected chi connectivity index (χ0v) is 14.8. The van der Waals surface area contributed by atoms with Crippen molar-refractivity contribution in [2.75, 3.05) is 33.4 Å². The van der Waals surface area contributed by atoms with Crippen molar-refractivity contribution in [3.8, 4) is 17.0 Å². The molecule has 0 aliphatic carbocycles. The number of thiazole rings is 1. The molecule has 1 fully saturated rings. The van der Waals surface area contributed by atoms with Crippen molar-refractivity contribution in [1.82, 2.24) is 14.3 Å². The fourth-order valence-electron chi connectivity index (χ4n) is 2.94. The van der Waals surface area contributed by atoms with E-state index in [1.807, 2.05) is 45.1 Å². The monoisotopic (exact) mass is 357 g/mol. The number of carbonyl (C=O) groups is 1. The van der Waals surface area contributed by atoms with Crippen LogP contribution in [-0.2, 0) is 16.0 Å². The number of ether oxygens (including phenoxy) is 2. The van der Waals surface area contributed by atoms with Gasteiger partial charge < -0.3 is 14.4 Å². The van der Waals surface area contributed by atoms with E-state index in [1.54, 1.807) is 18.4 Å². The Balaban J connectivity index is 1.56. The number of imidazole rings is 1. The highest BCUT2D eigenvalue weighted by Crippen LogP contribution is 2.25. The molecule has 3 aromatic rings. The predicted molar refractivity (Wildman–Crippen MR) is 96.2 cm³/mol. The molecule has 1 aromatic carbocycles.